The van der Waals surface area contributed by atoms with Gasteiger partial charge in [0.25, 0.3) is 0 Å². The first kappa shape index (κ1) is 15.6. The Morgan fingerprint density at radius 1 is 1.32 bits per heavy atom. The predicted molar refractivity (Wildman–Crippen MR) is 91.7 cm³/mol. The molecule has 1 aliphatic heterocycles. The van der Waals surface area contributed by atoms with Crippen LogP contribution in [0.5, 0.6) is 0 Å². The Morgan fingerprint density at radius 3 is 2.91 bits per heavy atom. The van der Waals surface area contributed by atoms with Crippen molar-refractivity contribution in [3.8, 4) is 0 Å². The maximum Gasteiger partial charge on any atom is 0.150 e. The average Bonchev–Trinajstić information content (AvgIpc) is 2.80. The van der Waals surface area contributed by atoms with Gasteiger partial charge in [-0.1, -0.05) is 0 Å². The summed E-state index contributed by atoms with van der Waals surface area (Å²) in [7, 11) is 4.03. The van der Waals surface area contributed by atoms with Crippen molar-refractivity contribution >= 4 is 27.4 Å². The number of hydrogen-bond acceptors (Lipinski definition) is 6. The van der Waals surface area contributed by atoms with Gasteiger partial charge in [0, 0.05) is 19.6 Å². The molecule has 1 N–H and O–H groups in total. The molecule has 0 radical (unpaired) electrons. The van der Waals surface area contributed by atoms with E-state index in [1.54, 1.807) is 11.3 Å². The number of thiophene rings is 1. The van der Waals surface area contributed by atoms with Crippen LogP contribution < -0.4 is 4.90 Å². The highest BCUT2D eigenvalue weighted by molar-refractivity contribution is 7.17. The second-order valence-corrected chi connectivity index (χ2v) is 7.45. The highest BCUT2D eigenvalue weighted by Gasteiger charge is 2.31. The number of nitrogens with zero attached hydrogens (tertiary/aromatic N) is 4. The third kappa shape index (κ3) is 3.24. The van der Waals surface area contributed by atoms with Crippen LogP contribution in [0.3, 0.4) is 0 Å². The summed E-state index contributed by atoms with van der Waals surface area (Å²) < 4.78 is 1.16. The van der Waals surface area contributed by atoms with Gasteiger partial charge < -0.3 is 14.9 Å². The maximum absolute atomic E-state index is 10.8. The molecule has 0 spiro atoms. The van der Waals surface area contributed by atoms with Gasteiger partial charge in [-0.15, -0.1) is 11.3 Å². The molecule has 0 unspecified atom stereocenters. The summed E-state index contributed by atoms with van der Waals surface area (Å²) in [5, 5.41) is 12.9. The van der Waals surface area contributed by atoms with E-state index in [1.807, 2.05) is 21.0 Å². The number of anilines is 1. The smallest absolute Gasteiger partial charge is 0.150 e. The Kier molecular flexibility index (Phi) is 4.34. The Labute approximate surface area is 135 Å². The van der Waals surface area contributed by atoms with Gasteiger partial charge in [0.1, 0.15) is 11.6 Å². The molecule has 1 fully saturated rings. The molecule has 120 valence electrons. The van der Waals surface area contributed by atoms with Crippen molar-refractivity contribution in [2.24, 2.45) is 0 Å². The molecular weight excluding hydrogens is 296 g/mol. The third-order valence-electron chi connectivity index (χ3n) is 4.22. The van der Waals surface area contributed by atoms with Gasteiger partial charge in [-0.05, 0) is 51.7 Å². The summed E-state index contributed by atoms with van der Waals surface area (Å²) in [6, 6.07) is 2.05. The molecule has 0 amide bonds. The van der Waals surface area contributed by atoms with Gasteiger partial charge in [-0.3, -0.25) is 0 Å². The van der Waals surface area contributed by atoms with Gasteiger partial charge in [0.05, 0.1) is 15.8 Å². The Morgan fingerprint density at radius 2 is 2.14 bits per heavy atom. The lowest BCUT2D eigenvalue weighted by molar-refractivity contribution is 0.00537. The van der Waals surface area contributed by atoms with E-state index in [-0.39, 0.29) is 0 Å². The molecule has 1 saturated heterocycles. The van der Waals surface area contributed by atoms with Gasteiger partial charge in [-0.25, -0.2) is 9.97 Å². The molecule has 3 rings (SSSR count). The van der Waals surface area contributed by atoms with Crippen molar-refractivity contribution in [2.75, 3.05) is 38.6 Å². The van der Waals surface area contributed by atoms with Gasteiger partial charge >= 0.3 is 0 Å². The molecule has 5 nitrogen and oxygen atoms in total. The average molecular weight is 320 g/mol. The summed E-state index contributed by atoms with van der Waals surface area (Å²) in [4.78, 5) is 13.6. The third-order valence-corrected chi connectivity index (χ3v) is 5.12. The minimum atomic E-state index is -0.588. The lowest BCUT2D eigenvalue weighted by Crippen LogP contribution is -2.41. The summed E-state index contributed by atoms with van der Waals surface area (Å²) in [6.45, 7) is 4.45. The Balaban J connectivity index is 1.85. The Hall–Kier alpha value is -1.24. The van der Waals surface area contributed by atoms with Crippen LogP contribution in [0.1, 0.15) is 25.1 Å². The summed E-state index contributed by atoms with van der Waals surface area (Å²) in [6.07, 6.45) is 2.61. The molecule has 0 aromatic carbocycles. The number of rotatable bonds is 3. The molecule has 3 heterocycles. The molecule has 2 aromatic rings. The van der Waals surface area contributed by atoms with Crippen LogP contribution in [0.2, 0.25) is 0 Å². The van der Waals surface area contributed by atoms with Crippen molar-refractivity contribution in [2.45, 2.75) is 31.8 Å². The Bertz CT molecular complexity index is 657. The largest absolute Gasteiger partial charge is 0.388 e. The zero-order valence-electron chi connectivity index (χ0n) is 13.5. The van der Waals surface area contributed by atoms with Crippen molar-refractivity contribution in [3.05, 3.63) is 17.3 Å². The van der Waals surface area contributed by atoms with Crippen LogP contribution in [0.25, 0.3) is 10.2 Å². The molecule has 0 saturated carbocycles. The van der Waals surface area contributed by atoms with Gasteiger partial charge in [-0.2, -0.15) is 0 Å². The summed E-state index contributed by atoms with van der Waals surface area (Å²) in [5.74, 6) is 1.85. The normalized spacial score (nSPS) is 23.2. The first-order chi connectivity index (χ1) is 10.5. The second-order valence-electron chi connectivity index (χ2n) is 6.53. The molecule has 22 heavy (non-hydrogen) atoms. The van der Waals surface area contributed by atoms with Gasteiger partial charge in [0.15, 0.2) is 0 Å². The molecular formula is C16H24N4OS. The number of fused-ring (bicyclic) bond motifs is 1. The van der Waals surface area contributed by atoms with Crippen LogP contribution in [0.4, 0.5) is 5.82 Å². The molecule has 0 bridgehead atoms. The standard InChI is InChI=1S/C16H24N4OS/c1-12-17-13-5-10-22-14(13)15(18-12)20-8-4-6-16(21,7-9-20)11-19(2)3/h5,10,21H,4,6-9,11H2,1-3H3/t16-/m1/s1. The van der Waals surface area contributed by atoms with E-state index in [1.165, 1.54) is 0 Å². The highest BCUT2D eigenvalue weighted by Crippen LogP contribution is 2.32. The molecule has 6 heteroatoms. The highest BCUT2D eigenvalue weighted by atomic mass is 32.1. The second kappa shape index (κ2) is 6.10. The van der Waals surface area contributed by atoms with Crippen molar-refractivity contribution in [1.82, 2.24) is 14.9 Å². The van der Waals surface area contributed by atoms with E-state index in [0.717, 1.165) is 60.8 Å². The molecule has 2 aromatic heterocycles. The quantitative estimate of drug-likeness (QED) is 0.940. The fourth-order valence-electron chi connectivity index (χ4n) is 3.31. The SMILES string of the molecule is Cc1nc(N2CCC[C@](O)(CN(C)C)CC2)c2sccc2n1. The first-order valence-electron chi connectivity index (χ1n) is 7.81. The molecule has 1 aliphatic rings. The van der Waals surface area contributed by atoms with E-state index in [2.05, 4.69) is 31.2 Å². The van der Waals surface area contributed by atoms with Gasteiger partial charge in [0.2, 0.25) is 0 Å². The fraction of sp³-hybridized carbons (Fsp3) is 0.625. The van der Waals surface area contributed by atoms with Crippen molar-refractivity contribution in [1.29, 1.82) is 0 Å². The van der Waals surface area contributed by atoms with E-state index >= 15 is 0 Å². The van der Waals surface area contributed by atoms with E-state index in [9.17, 15) is 5.11 Å². The number of likely N-dealkylation sites (N-methyl/N-ethyl adjacent to an activating group) is 1. The van der Waals surface area contributed by atoms with Crippen LogP contribution in [-0.2, 0) is 0 Å². The van der Waals surface area contributed by atoms with E-state index < -0.39 is 5.60 Å². The van der Waals surface area contributed by atoms with E-state index in [0.29, 0.717) is 0 Å². The number of hydrogen-bond donors (Lipinski definition) is 1. The topological polar surface area (TPSA) is 52.5 Å². The zero-order chi connectivity index (χ0) is 15.7. The van der Waals surface area contributed by atoms with Crippen LogP contribution in [0, 0.1) is 6.92 Å². The van der Waals surface area contributed by atoms with Crippen LogP contribution in [-0.4, -0.2) is 59.3 Å². The van der Waals surface area contributed by atoms with Crippen molar-refractivity contribution < 1.29 is 5.11 Å². The predicted octanol–water partition coefficient (Wildman–Crippen LogP) is 2.28. The monoisotopic (exact) mass is 320 g/mol. The molecule has 1 atom stereocenters. The summed E-state index contributed by atoms with van der Waals surface area (Å²) >= 11 is 1.70. The maximum atomic E-state index is 10.8. The molecule has 0 aliphatic carbocycles. The minimum Gasteiger partial charge on any atom is -0.388 e. The fourth-order valence-corrected chi connectivity index (χ4v) is 4.16. The number of aromatic nitrogens is 2. The van der Waals surface area contributed by atoms with Crippen LogP contribution in [0.15, 0.2) is 11.4 Å². The lowest BCUT2D eigenvalue weighted by Gasteiger charge is -2.30. The summed E-state index contributed by atoms with van der Waals surface area (Å²) in [5.41, 5.74) is 0.440. The first-order valence-corrected chi connectivity index (χ1v) is 8.69. The van der Waals surface area contributed by atoms with Crippen LogP contribution >= 0.6 is 11.3 Å². The number of aliphatic hydroxyl groups is 1. The minimum absolute atomic E-state index is 0.588. The zero-order valence-corrected chi connectivity index (χ0v) is 14.4. The van der Waals surface area contributed by atoms with E-state index in [4.69, 9.17) is 0 Å². The van der Waals surface area contributed by atoms with Crippen molar-refractivity contribution in [3.63, 3.8) is 0 Å². The number of aryl methyl sites for hydroxylation is 1. The lowest BCUT2D eigenvalue weighted by atomic mass is 9.94.